The van der Waals surface area contributed by atoms with Gasteiger partial charge in [-0.1, -0.05) is 12.1 Å². The number of alkyl halides is 6. The topological polar surface area (TPSA) is 52.1 Å². The Bertz CT molecular complexity index is 877. The van der Waals surface area contributed by atoms with Gasteiger partial charge in [0.25, 0.3) is 23.4 Å². The highest BCUT2D eigenvalue weighted by molar-refractivity contribution is 5.74. The summed E-state index contributed by atoms with van der Waals surface area (Å²) in [5, 5.41) is 0. The molecule has 1 aromatic carbocycles. The van der Waals surface area contributed by atoms with Crippen LogP contribution in [0, 0.1) is 24.0 Å². The Hall–Kier alpha value is -2.92. The monoisotopic (exact) mass is 382 g/mol. The van der Waals surface area contributed by atoms with Gasteiger partial charge in [0.1, 0.15) is 0 Å². The van der Waals surface area contributed by atoms with Gasteiger partial charge in [0.05, 0.1) is 11.1 Å². The number of hydrogen-bond donors (Lipinski definition) is 0. The van der Waals surface area contributed by atoms with Gasteiger partial charge in [-0.05, 0) is 12.1 Å². The van der Waals surface area contributed by atoms with E-state index < -0.39 is 58.7 Å². The summed E-state index contributed by atoms with van der Waals surface area (Å²) in [6.07, 6.45) is -10.4. The largest absolute Gasteiger partial charge is 0.454 e. The van der Waals surface area contributed by atoms with Crippen molar-refractivity contribution in [3.63, 3.8) is 0 Å². The van der Waals surface area contributed by atoms with E-state index in [4.69, 9.17) is 0 Å². The van der Waals surface area contributed by atoms with E-state index in [1.807, 2.05) is 0 Å². The molecule has 2 aromatic heterocycles. The van der Waals surface area contributed by atoms with Crippen LogP contribution >= 0.6 is 0 Å². The highest BCUT2D eigenvalue weighted by Gasteiger charge is 2.42. The average molecular weight is 382 g/mol. The van der Waals surface area contributed by atoms with Gasteiger partial charge in [0.2, 0.25) is 11.8 Å². The zero-order chi connectivity index (χ0) is 19.3. The first-order valence-electron chi connectivity index (χ1n) is 6.38. The number of aromatic nitrogens is 2. The Kier molecular flexibility index (Phi) is 4.00. The van der Waals surface area contributed by atoms with E-state index in [-0.39, 0.29) is 0 Å². The van der Waals surface area contributed by atoms with E-state index in [2.05, 4.69) is 30.9 Å². The Morgan fingerprint density at radius 2 is 1.04 bits per heavy atom. The molecule has 0 atom stereocenters. The molecule has 0 amide bonds. The van der Waals surface area contributed by atoms with E-state index >= 15 is 0 Å². The van der Waals surface area contributed by atoms with Gasteiger partial charge in [-0.3, -0.25) is 0 Å². The van der Waals surface area contributed by atoms with Gasteiger partial charge in [-0.25, -0.2) is 0 Å². The van der Waals surface area contributed by atoms with Gasteiger partial charge >= 0.3 is 12.4 Å². The van der Waals surface area contributed by atoms with Crippen LogP contribution in [0.2, 0.25) is 0 Å². The molecular weight excluding hydrogens is 380 g/mol. The molecule has 0 spiro atoms. The molecule has 0 N–H and O–H groups in total. The van der Waals surface area contributed by atoms with Crippen LogP contribution in [0.1, 0.15) is 11.5 Å². The smallest absolute Gasteiger partial charge is 0.428 e. The number of rotatable bonds is 2. The van der Waals surface area contributed by atoms with Crippen LogP contribution < -0.4 is 0 Å². The van der Waals surface area contributed by atoms with Crippen LogP contribution in [0.5, 0.6) is 0 Å². The van der Waals surface area contributed by atoms with Crippen molar-refractivity contribution in [1.29, 1.82) is 0 Å². The maximum Gasteiger partial charge on any atom is 0.454 e. The number of halogens is 8. The van der Waals surface area contributed by atoms with Gasteiger partial charge < -0.3 is 8.83 Å². The van der Waals surface area contributed by atoms with E-state index in [1.54, 1.807) is 0 Å². The molecule has 4 nitrogen and oxygen atoms in total. The summed E-state index contributed by atoms with van der Waals surface area (Å²) in [6.45, 7) is 0. The molecule has 0 aliphatic rings. The molecule has 3 rings (SSSR count). The number of oxazole rings is 2. The molecule has 0 saturated heterocycles. The molecule has 0 bridgehead atoms. The minimum Gasteiger partial charge on any atom is -0.428 e. The Labute approximate surface area is 138 Å². The van der Waals surface area contributed by atoms with Crippen molar-refractivity contribution in [1.82, 2.24) is 9.97 Å². The van der Waals surface area contributed by atoms with Gasteiger partial charge in [0, 0.05) is 0 Å². The molecule has 26 heavy (non-hydrogen) atoms. The summed E-state index contributed by atoms with van der Waals surface area (Å²) in [5.41, 5.74) is -1.12. The second-order valence-corrected chi connectivity index (χ2v) is 4.65. The molecule has 0 aliphatic carbocycles. The third-order valence-electron chi connectivity index (χ3n) is 2.90. The summed E-state index contributed by atoms with van der Waals surface area (Å²) in [6, 6.07) is 6.74. The van der Waals surface area contributed by atoms with Gasteiger partial charge in [-0.2, -0.15) is 45.1 Å². The first-order chi connectivity index (χ1) is 12.0. The highest BCUT2D eigenvalue weighted by atomic mass is 19.4. The lowest BCUT2D eigenvalue weighted by Crippen LogP contribution is -2.05. The minimum atomic E-state index is -5.20. The number of nitrogens with zero attached hydrogens (tertiary/aromatic N) is 2. The summed E-state index contributed by atoms with van der Waals surface area (Å²) in [5.74, 6) is -10.0. The quantitative estimate of drug-likeness (QED) is 0.591. The molecule has 0 aliphatic heterocycles. The maximum absolute atomic E-state index is 13.4. The van der Waals surface area contributed by atoms with Crippen molar-refractivity contribution in [2.45, 2.75) is 12.4 Å². The Morgan fingerprint density at radius 1 is 0.692 bits per heavy atom. The van der Waals surface area contributed by atoms with Crippen molar-refractivity contribution < 1.29 is 44.0 Å². The molecule has 12 heteroatoms. The summed E-state index contributed by atoms with van der Waals surface area (Å²) in [4.78, 5) is 5.84. The van der Waals surface area contributed by atoms with Crippen LogP contribution in [0.4, 0.5) is 35.1 Å². The first kappa shape index (κ1) is 17.9. The van der Waals surface area contributed by atoms with Crippen molar-refractivity contribution in [3.8, 4) is 22.9 Å². The van der Waals surface area contributed by atoms with Crippen LogP contribution in [-0.2, 0) is 12.4 Å². The molecule has 3 aromatic rings. The first-order valence-corrected chi connectivity index (χ1v) is 6.38. The van der Waals surface area contributed by atoms with E-state index in [9.17, 15) is 35.1 Å². The fourth-order valence-electron chi connectivity index (χ4n) is 1.90. The van der Waals surface area contributed by atoms with E-state index in [0.717, 1.165) is 12.1 Å². The highest BCUT2D eigenvalue weighted by Crippen LogP contribution is 2.39. The standard InChI is InChI=1S/C14H2F8N2O2/c15-9-7(13(17,18)19)25-11(23-9)5-3-1-2-4-6(5)12-24-10(16)8(26-12)14(20,21)22/h1-2H. The lowest BCUT2D eigenvalue weighted by Gasteiger charge is -2.03. The predicted octanol–water partition coefficient (Wildman–Crippen LogP) is 4.91. The second-order valence-electron chi connectivity index (χ2n) is 4.65. The third-order valence-corrected chi connectivity index (χ3v) is 2.90. The maximum atomic E-state index is 13.4. The van der Waals surface area contributed by atoms with Crippen LogP contribution in [0.3, 0.4) is 0 Å². The van der Waals surface area contributed by atoms with E-state index in [0.29, 0.717) is 0 Å². The molecule has 136 valence electrons. The number of hydrogen-bond acceptors (Lipinski definition) is 4. The lowest BCUT2D eigenvalue weighted by molar-refractivity contribution is -0.156. The van der Waals surface area contributed by atoms with Gasteiger partial charge in [0.15, 0.2) is 0 Å². The summed E-state index contributed by atoms with van der Waals surface area (Å²) >= 11 is 0. The van der Waals surface area contributed by atoms with Crippen molar-refractivity contribution >= 4 is 0 Å². The van der Waals surface area contributed by atoms with Crippen molar-refractivity contribution in [3.05, 3.63) is 47.7 Å². The Morgan fingerprint density at radius 3 is 1.31 bits per heavy atom. The average Bonchev–Trinajstić information content (AvgIpc) is 3.09. The van der Waals surface area contributed by atoms with Crippen LogP contribution in [0.25, 0.3) is 22.9 Å². The van der Waals surface area contributed by atoms with E-state index in [1.165, 1.54) is 0 Å². The zero-order valence-corrected chi connectivity index (χ0v) is 11.9. The minimum absolute atomic E-state index is 0.558. The molecule has 0 fully saturated rings. The normalized spacial score (nSPS) is 12.6. The lowest BCUT2D eigenvalue weighted by atomic mass is 10.1. The predicted molar refractivity (Wildman–Crippen MR) is 65.0 cm³/mol. The molecular formula is C14H2F8N2O2. The molecule has 0 saturated carbocycles. The molecule has 2 radical (unpaired) electrons. The van der Waals surface area contributed by atoms with Crippen LogP contribution in [0.15, 0.2) is 21.0 Å². The molecule has 2 heterocycles. The fourth-order valence-corrected chi connectivity index (χ4v) is 1.90. The van der Waals surface area contributed by atoms with Crippen LogP contribution in [-0.4, -0.2) is 9.97 Å². The number of benzene rings is 1. The molecule has 0 unspecified atom stereocenters. The SMILES string of the molecule is Fc1nc(-c2[c]cc[c]c2-c2nc(F)c(C(F)(F)F)o2)oc1C(F)(F)F. The second kappa shape index (κ2) is 5.81. The summed E-state index contributed by atoms with van der Waals surface area (Å²) < 4.78 is 111. The summed E-state index contributed by atoms with van der Waals surface area (Å²) in [7, 11) is 0. The Balaban J connectivity index is 2.14. The zero-order valence-electron chi connectivity index (χ0n) is 11.9. The fraction of sp³-hybridized carbons (Fsp3) is 0.143. The third kappa shape index (κ3) is 3.13. The van der Waals surface area contributed by atoms with Gasteiger partial charge in [-0.15, -0.1) is 0 Å². The van der Waals surface area contributed by atoms with Crippen molar-refractivity contribution in [2.75, 3.05) is 0 Å². The van der Waals surface area contributed by atoms with Crippen molar-refractivity contribution in [2.24, 2.45) is 0 Å².